The predicted octanol–water partition coefficient (Wildman–Crippen LogP) is 5.01. The van der Waals surface area contributed by atoms with E-state index in [0.29, 0.717) is 27.0 Å². The molecule has 3 rings (SSSR count). The summed E-state index contributed by atoms with van der Waals surface area (Å²) in [5, 5.41) is 7.02. The molecule has 0 bridgehead atoms. The zero-order valence-corrected chi connectivity index (χ0v) is 18.2. The molecule has 0 aliphatic rings. The third-order valence-electron chi connectivity index (χ3n) is 4.02. The number of amides is 1. The number of halogens is 2. The minimum Gasteiger partial charge on any atom is -0.539 e. The van der Waals surface area contributed by atoms with Crippen molar-refractivity contribution < 1.29 is 22.5 Å². The van der Waals surface area contributed by atoms with Crippen LogP contribution in [-0.2, 0) is 14.8 Å². The Balaban J connectivity index is 1.61. The fourth-order valence-corrected chi connectivity index (χ4v) is 3.60. The number of nitrogens with one attached hydrogen (secondary N) is 1. The summed E-state index contributed by atoms with van der Waals surface area (Å²) in [5.41, 5.74) is 1.48. The Morgan fingerprint density at radius 1 is 1.17 bits per heavy atom. The second-order valence-corrected chi connectivity index (χ2v) is 8.65. The number of benzene rings is 2. The van der Waals surface area contributed by atoms with Crippen LogP contribution in [0.4, 0.5) is 11.6 Å². The van der Waals surface area contributed by atoms with Crippen LogP contribution >= 0.6 is 23.2 Å². The highest BCUT2D eigenvalue weighted by atomic mass is 35.5. The summed E-state index contributed by atoms with van der Waals surface area (Å²) in [7, 11) is -4.00. The number of anilines is 1. The van der Waals surface area contributed by atoms with Gasteiger partial charge in [-0.15, -0.1) is 0 Å². The highest BCUT2D eigenvalue weighted by molar-refractivity contribution is 7.94. The average molecular weight is 469 g/mol. The van der Waals surface area contributed by atoms with Gasteiger partial charge in [-0.05, 0) is 55.8 Å². The molecule has 0 aliphatic heterocycles. The van der Waals surface area contributed by atoms with Crippen LogP contribution < -0.4 is 10.1 Å². The highest BCUT2D eigenvalue weighted by Crippen LogP contribution is 2.32. The third-order valence-corrected chi connectivity index (χ3v) is 5.84. The summed E-state index contributed by atoms with van der Waals surface area (Å²) in [5.74, 6) is -0.249. The average Bonchev–Trinajstić information content (AvgIpc) is 3.01. The van der Waals surface area contributed by atoms with Crippen LogP contribution in [0.25, 0.3) is 4.72 Å². The fraction of sp³-hybridized carbons (Fsp3) is 0.158. The van der Waals surface area contributed by atoms with Crippen LogP contribution in [0.2, 0.25) is 10.0 Å². The van der Waals surface area contributed by atoms with Crippen LogP contribution in [0.3, 0.4) is 0 Å². The van der Waals surface area contributed by atoms with E-state index in [1.54, 1.807) is 26.0 Å². The Morgan fingerprint density at radius 2 is 1.87 bits per heavy atom. The van der Waals surface area contributed by atoms with E-state index in [0.717, 1.165) is 0 Å². The number of nitrogens with zero attached hydrogens (tertiary/aromatic N) is 2. The smallest absolute Gasteiger partial charge is 0.262 e. The molecule has 11 heteroatoms. The van der Waals surface area contributed by atoms with Crippen molar-refractivity contribution in [3.8, 4) is 5.75 Å². The number of rotatable bonds is 7. The van der Waals surface area contributed by atoms with Crippen molar-refractivity contribution in [3.05, 3.63) is 68.5 Å². The van der Waals surface area contributed by atoms with Gasteiger partial charge in [0.1, 0.15) is 15.8 Å². The van der Waals surface area contributed by atoms with Gasteiger partial charge in [-0.1, -0.05) is 28.4 Å². The molecule has 3 aromatic rings. The molecule has 0 saturated carbocycles. The Labute approximate surface area is 183 Å². The summed E-state index contributed by atoms with van der Waals surface area (Å²) in [6.45, 7) is 3.04. The third kappa shape index (κ3) is 5.24. The quantitative estimate of drug-likeness (QED) is 0.521. The first kappa shape index (κ1) is 21.9. The molecule has 2 aromatic carbocycles. The molecule has 0 unspecified atom stereocenters. The normalized spacial score (nSPS) is 11.2. The summed E-state index contributed by atoms with van der Waals surface area (Å²) < 4.78 is 38.8. The van der Waals surface area contributed by atoms with Crippen molar-refractivity contribution in [3.63, 3.8) is 0 Å². The summed E-state index contributed by atoms with van der Waals surface area (Å²) >= 11 is 11.8. The van der Waals surface area contributed by atoms with Crippen LogP contribution in [0.15, 0.2) is 51.9 Å². The molecular formula is C19H16Cl2N3O5S-. The van der Waals surface area contributed by atoms with Crippen LogP contribution in [0.1, 0.15) is 11.3 Å². The fourth-order valence-electron chi connectivity index (χ4n) is 2.29. The van der Waals surface area contributed by atoms with E-state index in [2.05, 4.69) is 15.2 Å². The van der Waals surface area contributed by atoms with Crippen molar-refractivity contribution in [2.45, 2.75) is 18.7 Å². The van der Waals surface area contributed by atoms with Crippen LogP contribution in [0, 0.1) is 13.8 Å². The number of aryl methyl sites for hydroxylation is 1. The molecule has 8 nitrogen and oxygen atoms in total. The van der Waals surface area contributed by atoms with Crippen molar-refractivity contribution in [2.75, 3.05) is 11.9 Å². The van der Waals surface area contributed by atoms with Crippen molar-refractivity contribution >= 4 is 50.7 Å². The molecule has 0 fully saturated rings. The van der Waals surface area contributed by atoms with Gasteiger partial charge in [0, 0.05) is 16.8 Å². The van der Waals surface area contributed by atoms with Crippen LogP contribution in [-0.4, -0.2) is 26.1 Å². The first-order valence-corrected chi connectivity index (χ1v) is 10.7. The van der Waals surface area contributed by atoms with Gasteiger partial charge in [0.25, 0.3) is 5.91 Å². The molecule has 0 saturated heterocycles. The Hall–Kier alpha value is -2.75. The molecule has 0 aliphatic carbocycles. The van der Waals surface area contributed by atoms with Gasteiger partial charge >= 0.3 is 0 Å². The number of carbonyl (C=O) groups excluding carboxylic acids is 1. The molecule has 30 heavy (non-hydrogen) atoms. The van der Waals surface area contributed by atoms with Gasteiger partial charge in [-0.3, -0.25) is 4.79 Å². The van der Waals surface area contributed by atoms with E-state index in [-0.39, 0.29) is 23.1 Å². The number of ether oxygens (including phenoxy) is 1. The van der Waals surface area contributed by atoms with E-state index in [9.17, 15) is 13.2 Å². The molecule has 0 spiro atoms. The lowest BCUT2D eigenvalue weighted by molar-refractivity contribution is -0.118. The second-order valence-electron chi connectivity index (χ2n) is 6.20. The first-order valence-electron chi connectivity index (χ1n) is 8.54. The van der Waals surface area contributed by atoms with Gasteiger partial charge in [0.05, 0.1) is 21.5 Å². The van der Waals surface area contributed by atoms with E-state index >= 15 is 0 Å². The van der Waals surface area contributed by atoms with Gasteiger partial charge < -0.3 is 19.3 Å². The summed E-state index contributed by atoms with van der Waals surface area (Å²) in [4.78, 5) is 12.0. The standard InChI is InChI=1S/C19H17Cl2N3O5S/c1-11-12(2)23-29-19(11)24-30(26,27)15-6-4-14(5-7-15)22-18(25)10-28-17-9-13(20)3-8-16(17)21/h3-9H,10H2,1-2H3,(H2,22,23,24,25)/p-1. The largest absolute Gasteiger partial charge is 0.539 e. The van der Waals surface area contributed by atoms with E-state index in [1.807, 2.05) is 0 Å². The highest BCUT2D eigenvalue weighted by Gasteiger charge is 2.11. The lowest BCUT2D eigenvalue weighted by atomic mass is 10.3. The zero-order valence-electron chi connectivity index (χ0n) is 15.8. The molecule has 1 heterocycles. The maximum absolute atomic E-state index is 12.4. The topological polar surface area (TPSA) is 113 Å². The number of hydrogen-bond acceptors (Lipinski definition) is 6. The molecular weight excluding hydrogens is 453 g/mol. The molecule has 1 aromatic heterocycles. The minimum absolute atomic E-state index is 0.0593. The van der Waals surface area contributed by atoms with Crippen molar-refractivity contribution in [2.24, 2.45) is 0 Å². The Kier molecular flexibility index (Phi) is 6.55. The van der Waals surface area contributed by atoms with E-state index < -0.39 is 15.9 Å². The van der Waals surface area contributed by atoms with Crippen LogP contribution in [0.5, 0.6) is 5.75 Å². The predicted molar refractivity (Wildman–Crippen MR) is 113 cm³/mol. The minimum atomic E-state index is -4.00. The summed E-state index contributed by atoms with van der Waals surface area (Å²) in [6, 6.07) is 10.2. The monoisotopic (exact) mass is 468 g/mol. The maximum atomic E-state index is 12.4. The molecule has 0 radical (unpaired) electrons. The second kappa shape index (κ2) is 8.95. The SMILES string of the molecule is Cc1noc([N-]S(=O)(=O)c2ccc(NC(=O)COc3cc(Cl)ccc3Cl)cc2)c1C. The Morgan fingerprint density at radius 3 is 2.50 bits per heavy atom. The number of carbonyl (C=O) groups is 1. The van der Waals surface area contributed by atoms with Crippen molar-refractivity contribution in [1.82, 2.24) is 5.16 Å². The molecule has 1 N–H and O–H groups in total. The van der Waals surface area contributed by atoms with Crippen molar-refractivity contribution in [1.29, 1.82) is 0 Å². The van der Waals surface area contributed by atoms with E-state index in [1.165, 1.54) is 30.3 Å². The zero-order chi connectivity index (χ0) is 21.9. The molecule has 158 valence electrons. The molecule has 0 atom stereocenters. The number of aromatic nitrogens is 1. The first-order chi connectivity index (χ1) is 14.2. The van der Waals surface area contributed by atoms with Gasteiger partial charge in [-0.25, -0.2) is 8.42 Å². The van der Waals surface area contributed by atoms with Gasteiger partial charge in [0.15, 0.2) is 6.61 Å². The molecule has 1 amide bonds. The lowest BCUT2D eigenvalue weighted by Crippen LogP contribution is -2.20. The Bertz CT molecular complexity index is 1180. The van der Waals surface area contributed by atoms with Gasteiger partial charge in [-0.2, -0.15) is 0 Å². The number of hydrogen-bond donors (Lipinski definition) is 1. The van der Waals surface area contributed by atoms with Gasteiger partial charge in [0.2, 0.25) is 0 Å². The maximum Gasteiger partial charge on any atom is 0.262 e. The number of sulfonamides is 1. The summed E-state index contributed by atoms with van der Waals surface area (Å²) in [6.07, 6.45) is 0. The van der Waals surface area contributed by atoms with E-state index in [4.69, 9.17) is 32.5 Å². The lowest BCUT2D eigenvalue weighted by Gasteiger charge is -2.19.